The van der Waals surface area contributed by atoms with E-state index >= 15 is 0 Å². The van der Waals surface area contributed by atoms with Crippen molar-refractivity contribution >= 4 is 21.6 Å². The van der Waals surface area contributed by atoms with Gasteiger partial charge in [-0.3, -0.25) is 0 Å². The van der Waals surface area contributed by atoms with E-state index in [0.29, 0.717) is 12.0 Å². The first-order chi connectivity index (χ1) is 8.86. The summed E-state index contributed by atoms with van der Waals surface area (Å²) in [5, 5.41) is 4.81. The molecule has 3 rings (SSSR count). The highest BCUT2D eigenvalue weighted by Crippen LogP contribution is 2.26. The lowest BCUT2D eigenvalue weighted by molar-refractivity contribution is 0.406. The van der Waals surface area contributed by atoms with Gasteiger partial charge >= 0.3 is 0 Å². The van der Waals surface area contributed by atoms with Crippen LogP contribution in [-0.4, -0.2) is 17.6 Å². The Kier molecular flexibility index (Phi) is 3.59. The Morgan fingerprint density at radius 1 is 1.33 bits per heavy atom. The molecular weight excluding hydrogens is 242 g/mol. The number of para-hydroxylation sites is 1. The minimum Gasteiger partial charge on any atom is -0.330 e. The van der Waals surface area contributed by atoms with Crippen molar-refractivity contribution in [3.63, 3.8) is 0 Å². The lowest BCUT2D eigenvalue weighted by Crippen LogP contribution is -2.35. The standard InChI is InChI=1S/C14H19N3S/c15-8-10-4-3-6-11(10)16-9-14-17-12-5-1-2-7-13(12)18-14/h1-2,5,7,10-11,16H,3-4,6,8-9,15H2. The number of aromatic nitrogens is 1. The van der Waals surface area contributed by atoms with Crippen LogP contribution in [0.4, 0.5) is 0 Å². The number of benzene rings is 1. The highest BCUT2D eigenvalue weighted by atomic mass is 32.1. The van der Waals surface area contributed by atoms with Crippen molar-refractivity contribution in [3.8, 4) is 0 Å². The Bertz CT molecular complexity index is 489. The second-order valence-electron chi connectivity index (χ2n) is 4.99. The molecule has 0 aliphatic heterocycles. The van der Waals surface area contributed by atoms with Gasteiger partial charge in [0.25, 0.3) is 0 Å². The van der Waals surface area contributed by atoms with Crippen LogP contribution in [0.5, 0.6) is 0 Å². The van der Waals surface area contributed by atoms with E-state index in [1.807, 2.05) is 6.07 Å². The number of rotatable bonds is 4. The summed E-state index contributed by atoms with van der Waals surface area (Å²) < 4.78 is 1.27. The predicted molar refractivity (Wildman–Crippen MR) is 76.6 cm³/mol. The van der Waals surface area contributed by atoms with Crippen LogP contribution in [0.3, 0.4) is 0 Å². The molecule has 1 aliphatic rings. The second kappa shape index (κ2) is 5.34. The molecule has 3 nitrogen and oxygen atoms in total. The van der Waals surface area contributed by atoms with Gasteiger partial charge in [-0.15, -0.1) is 11.3 Å². The van der Waals surface area contributed by atoms with Crippen molar-refractivity contribution in [2.24, 2.45) is 11.7 Å². The predicted octanol–water partition coefficient (Wildman–Crippen LogP) is 2.51. The van der Waals surface area contributed by atoms with E-state index in [4.69, 9.17) is 5.73 Å². The van der Waals surface area contributed by atoms with Gasteiger partial charge in [0.15, 0.2) is 0 Å². The molecule has 0 saturated heterocycles. The second-order valence-corrected chi connectivity index (χ2v) is 6.10. The molecule has 1 aromatic carbocycles. The van der Waals surface area contributed by atoms with E-state index in [2.05, 4.69) is 28.5 Å². The van der Waals surface area contributed by atoms with Gasteiger partial charge in [0.2, 0.25) is 0 Å². The molecule has 0 amide bonds. The average molecular weight is 261 g/mol. The number of nitrogens with zero attached hydrogens (tertiary/aromatic N) is 1. The summed E-state index contributed by atoms with van der Waals surface area (Å²) >= 11 is 1.78. The third-order valence-electron chi connectivity index (χ3n) is 3.82. The molecule has 2 atom stereocenters. The average Bonchev–Trinajstić information content (AvgIpc) is 3.01. The number of hydrogen-bond donors (Lipinski definition) is 2. The van der Waals surface area contributed by atoms with E-state index < -0.39 is 0 Å². The topological polar surface area (TPSA) is 50.9 Å². The summed E-state index contributed by atoms with van der Waals surface area (Å²) in [5.74, 6) is 0.652. The van der Waals surface area contributed by atoms with Gasteiger partial charge < -0.3 is 11.1 Å². The summed E-state index contributed by atoms with van der Waals surface area (Å²) in [7, 11) is 0. The number of fused-ring (bicyclic) bond motifs is 1. The van der Waals surface area contributed by atoms with Crippen LogP contribution in [0.1, 0.15) is 24.3 Å². The molecule has 1 fully saturated rings. The van der Waals surface area contributed by atoms with Gasteiger partial charge in [-0.2, -0.15) is 0 Å². The lowest BCUT2D eigenvalue weighted by Gasteiger charge is -2.18. The van der Waals surface area contributed by atoms with E-state index in [-0.39, 0.29) is 0 Å². The van der Waals surface area contributed by atoms with Gasteiger partial charge in [0, 0.05) is 12.6 Å². The lowest BCUT2D eigenvalue weighted by atomic mass is 10.0. The fourth-order valence-corrected chi connectivity index (χ4v) is 3.72. The molecule has 0 radical (unpaired) electrons. The highest BCUT2D eigenvalue weighted by Gasteiger charge is 2.25. The first-order valence-electron chi connectivity index (χ1n) is 6.64. The molecule has 0 spiro atoms. The summed E-state index contributed by atoms with van der Waals surface area (Å²) in [5.41, 5.74) is 6.91. The first kappa shape index (κ1) is 12.1. The fraction of sp³-hybridized carbons (Fsp3) is 0.500. The number of thiazole rings is 1. The Morgan fingerprint density at radius 3 is 3.06 bits per heavy atom. The Hall–Kier alpha value is -0.970. The fourth-order valence-electron chi connectivity index (χ4n) is 2.80. The van der Waals surface area contributed by atoms with E-state index in [0.717, 1.165) is 18.6 Å². The van der Waals surface area contributed by atoms with Crippen LogP contribution in [0.2, 0.25) is 0 Å². The minimum atomic E-state index is 0.585. The molecule has 1 heterocycles. The smallest absolute Gasteiger partial charge is 0.108 e. The van der Waals surface area contributed by atoms with Crippen molar-refractivity contribution in [2.45, 2.75) is 31.8 Å². The quantitative estimate of drug-likeness (QED) is 0.889. The Balaban J connectivity index is 1.66. The largest absolute Gasteiger partial charge is 0.330 e. The maximum absolute atomic E-state index is 5.80. The normalized spacial score (nSPS) is 23.8. The molecule has 0 bridgehead atoms. The van der Waals surface area contributed by atoms with Crippen molar-refractivity contribution in [1.29, 1.82) is 0 Å². The summed E-state index contributed by atoms with van der Waals surface area (Å²) in [4.78, 5) is 4.65. The van der Waals surface area contributed by atoms with Gasteiger partial charge in [0.1, 0.15) is 5.01 Å². The van der Waals surface area contributed by atoms with E-state index in [9.17, 15) is 0 Å². The van der Waals surface area contributed by atoms with Crippen molar-refractivity contribution in [2.75, 3.05) is 6.54 Å². The number of nitrogens with two attached hydrogens (primary N) is 1. The molecule has 96 valence electrons. The van der Waals surface area contributed by atoms with Gasteiger partial charge in [-0.25, -0.2) is 4.98 Å². The van der Waals surface area contributed by atoms with Gasteiger partial charge in [-0.1, -0.05) is 18.6 Å². The van der Waals surface area contributed by atoms with Gasteiger partial charge in [0.05, 0.1) is 10.2 Å². The van der Waals surface area contributed by atoms with Crippen LogP contribution in [-0.2, 0) is 6.54 Å². The van der Waals surface area contributed by atoms with Crippen molar-refractivity contribution in [3.05, 3.63) is 29.3 Å². The van der Waals surface area contributed by atoms with Gasteiger partial charge in [-0.05, 0) is 37.4 Å². The molecule has 1 aromatic heterocycles. The minimum absolute atomic E-state index is 0.585. The highest BCUT2D eigenvalue weighted by molar-refractivity contribution is 7.18. The SMILES string of the molecule is NCC1CCCC1NCc1nc2ccccc2s1. The van der Waals surface area contributed by atoms with E-state index in [1.165, 1.54) is 29.0 Å². The zero-order chi connectivity index (χ0) is 12.4. The first-order valence-corrected chi connectivity index (χ1v) is 7.46. The zero-order valence-electron chi connectivity index (χ0n) is 10.4. The van der Waals surface area contributed by atoms with Crippen LogP contribution >= 0.6 is 11.3 Å². The molecular formula is C14H19N3S. The molecule has 1 aliphatic carbocycles. The summed E-state index contributed by atoms with van der Waals surface area (Å²) in [6, 6.07) is 8.91. The van der Waals surface area contributed by atoms with Crippen LogP contribution < -0.4 is 11.1 Å². The summed E-state index contributed by atoms with van der Waals surface area (Å²) in [6.45, 7) is 1.68. The number of nitrogens with one attached hydrogen (secondary N) is 1. The maximum Gasteiger partial charge on any atom is 0.108 e. The monoisotopic (exact) mass is 261 g/mol. The molecule has 2 aromatic rings. The van der Waals surface area contributed by atoms with Crippen molar-refractivity contribution < 1.29 is 0 Å². The van der Waals surface area contributed by atoms with Crippen LogP contribution in [0, 0.1) is 5.92 Å². The van der Waals surface area contributed by atoms with Crippen LogP contribution in [0.15, 0.2) is 24.3 Å². The molecule has 2 unspecified atom stereocenters. The molecule has 3 N–H and O–H groups in total. The maximum atomic E-state index is 5.80. The van der Waals surface area contributed by atoms with Crippen molar-refractivity contribution in [1.82, 2.24) is 10.3 Å². The molecule has 18 heavy (non-hydrogen) atoms. The third kappa shape index (κ3) is 2.41. The molecule has 1 saturated carbocycles. The third-order valence-corrected chi connectivity index (χ3v) is 4.85. The molecule has 4 heteroatoms. The number of hydrogen-bond acceptors (Lipinski definition) is 4. The summed E-state index contributed by atoms with van der Waals surface area (Å²) in [6.07, 6.45) is 3.83. The zero-order valence-corrected chi connectivity index (χ0v) is 11.2. The Labute approximate surface area is 111 Å². The van der Waals surface area contributed by atoms with E-state index in [1.54, 1.807) is 11.3 Å². The Morgan fingerprint density at radius 2 is 2.22 bits per heavy atom. The van der Waals surface area contributed by atoms with Crippen LogP contribution in [0.25, 0.3) is 10.2 Å².